The number of nitrogens with one attached hydrogen (secondary N) is 1. The Morgan fingerprint density at radius 3 is 2.76 bits per heavy atom. The molecule has 0 unspecified atom stereocenters. The molecule has 1 amide bonds. The molecule has 0 saturated heterocycles. The van der Waals surface area contributed by atoms with Crippen LogP contribution < -0.4 is 5.32 Å². The van der Waals surface area contributed by atoms with Crippen LogP contribution in [0.3, 0.4) is 0 Å². The van der Waals surface area contributed by atoms with Crippen LogP contribution in [0, 0.1) is 0 Å². The van der Waals surface area contributed by atoms with Crippen molar-refractivity contribution in [2.24, 2.45) is 0 Å². The van der Waals surface area contributed by atoms with Gasteiger partial charge in [-0.05, 0) is 24.0 Å². The van der Waals surface area contributed by atoms with Gasteiger partial charge in [-0.25, -0.2) is 0 Å². The second kappa shape index (κ2) is 7.22. The highest BCUT2D eigenvalue weighted by atomic mass is 16.5. The minimum absolute atomic E-state index is 0.0781. The Balaban J connectivity index is 1.85. The maximum atomic E-state index is 12.4. The second-order valence-electron chi connectivity index (χ2n) is 5.35. The van der Waals surface area contributed by atoms with Crippen LogP contribution in [-0.4, -0.2) is 43.5 Å². The number of hydrogen-bond acceptors (Lipinski definition) is 4. The molecule has 1 aromatic rings. The summed E-state index contributed by atoms with van der Waals surface area (Å²) in [4.78, 5) is 25.2. The van der Waals surface area contributed by atoms with Crippen LogP contribution in [0.1, 0.15) is 24.0 Å². The topological polar surface area (TPSA) is 58.6 Å². The number of fused-ring (bicyclic) bond motifs is 1. The summed E-state index contributed by atoms with van der Waals surface area (Å²) in [5.41, 5.74) is 2.49. The number of ether oxygens (including phenoxy) is 1. The number of carbonyl (C=O) groups is 2. The van der Waals surface area contributed by atoms with Crippen LogP contribution in [0.25, 0.3) is 0 Å². The molecule has 0 bridgehead atoms. The van der Waals surface area contributed by atoms with Crippen molar-refractivity contribution in [1.82, 2.24) is 10.2 Å². The van der Waals surface area contributed by atoms with Crippen molar-refractivity contribution in [2.45, 2.75) is 31.8 Å². The number of hydrogen-bond donors (Lipinski definition) is 1. The van der Waals surface area contributed by atoms with Crippen molar-refractivity contribution in [3.05, 3.63) is 35.4 Å². The number of likely N-dealkylation sites (N-methyl/N-ethyl adjacent to an activating group) is 1. The molecule has 114 valence electrons. The molecule has 0 aliphatic carbocycles. The van der Waals surface area contributed by atoms with Gasteiger partial charge in [-0.2, -0.15) is 0 Å². The van der Waals surface area contributed by atoms with Gasteiger partial charge < -0.3 is 15.0 Å². The van der Waals surface area contributed by atoms with Crippen LogP contribution in [0.2, 0.25) is 0 Å². The minimum atomic E-state index is -0.236. The van der Waals surface area contributed by atoms with E-state index in [1.165, 1.54) is 18.2 Å². The molecule has 1 aliphatic rings. The minimum Gasteiger partial charge on any atom is -0.469 e. The number of carbonyl (C=O) groups excluding carboxylic acids is 2. The smallest absolute Gasteiger partial charge is 0.305 e. The van der Waals surface area contributed by atoms with Gasteiger partial charge >= 0.3 is 5.97 Å². The van der Waals surface area contributed by atoms with Gasteiger partial charge in [0, 0.05) is 26.6 Å². The Labute approximate surface area is 125 Å². The molecule has 0 aromatic heterocycles. The fourth-order valence-electron chi connectivity index (χ4n) is 2.57. The van der Waals surface area contributed by atoms with Crippen LogP contribution >= 0.6 is 0 Å². The SMILES string of the molecule is COC(=O)CCCN(C)C(=O)[C@H]1Cc2ccccc2CN1. The lowest BCUT2D eigenvalue weighted by Gasteiger charge is -2.29. The maximum Gasteiger partial charge on any atom is 0.305 e. The summed E-state index contributed by atoms with van der Waals surface area (Å²) in [6.45, 7) is 1.29. The van der Waals surface area contributed by atoms with Crippen LogP contribution in [0.15, 0.2) is 24.3 Å². The van der Waals surface area contributed by atoms with Gasteiger partial charge in [-0.1, -0.05) is 24.3 Å². The van der Waals surface area contributed by atoms with Gasteiger partial charge in [0.2, 0.25) is 5.91 Å². The number of methoxy groups -OCH3 is 1. The first-order valence-electron chi connectivity index (χ1n) is 7.23. The average Bonchev–Trinajstić information content (AvgIpc) is 2.53. The maximum absolute atomic E-state index is 12.4. The summed E-state index contributed by atoms with van der Waals surface area (Å²) in [6, 6.07) is 8.01. The van der Waals surface area contributed by atoms with Gasteiger partial charge in [-0.15, -0.1) is 0 Å². The zero-order valence-corrected chi connectivity index (χ0v) is 12.6. The molecule has 0 saturated carbocycles. The average molecular weight is 290 g/mol. The molecule has 1 heterocycles. The Hall–Kier alpha value is -1.88. The van der Waals surface area contributed by atoms with Crippen molar-refractivity contribution in [3.8, 4) is 0 Å². The molecule has 1 aromatic carbocycles. The van der Waals surface area contributed by atoms with Crippen LogP contribution in [0.5, 0.6) is 0 Å². The van der Waals surface area contributed by atoms with Gasteiger partial charge in [0.25, 0.3) is 0 Å². The third kappa shape index (κ3) is 4.04. The van der Waals surface area contributed by atoms with E-state index in [0.29, 0.717) is 19.4 Å². The summed E-state index contributed by atoms with van der Waals surface area (Å²) in [5, 5.41) is 3.28. The largest absolute Gasteiger partial charge is 0.469 e. The van der Waals surface area contributed by atoms with Gasteiger partial charge in [0.05, 0.1) is 13.2 Å². The Bertz CT molecular complexity index is 516. The highest BCUT2D eigenvalue weighted by Crippen LogP contribution is 2.17. The van der Waals surface area contributed by atoms with E-state index >= 15 is 0 Å². The zero-order chi connectivity index (χ0) is 15.2. The Kier molecular flexibility index (Phi) is 5.33. The van der Waals surface area contributed by atoms with E-state index in [1.54, 1.807) is 11.9 Å². The van der Waals surface area contributed by atoms with E-state index in [2.05, 4.69) is 22.2 Å². The lowest BCUT2D eigenvalue weighted by molar-refractivity contribution is -0.141. The Morgan fingerprint density at radius 1 is 1.33 bits per heavy atom. The molecule has 0 fully saturated rings. The summed E-state index contributed by atoms with van der Waals surface area (Å²) in [7, 11) is 3.16. The molecular weight excluding hydrogens is 268 g/mol. The van der Waals surface area contributed by atoms with E-state index in [1.807, 2.05) is 12.1 Å². The number of amides is 1. The number of rotatable bonds is 5. The number of nitrogens with zero attached hydrogens (tertiary/aromatic N) is 1. The highest BCUT2D eigenvalue weighted by molar-refractivity contribution is 5.82. The first-order valence-corrected chi connectivity index (χ1v) is 7.23. The summed E-state index contributed by atoms with van der Waals surface area (Å²) >= 11 is 0. The fourth-order valence-corrected chi connectivity index (χ4v) is 2.57. The molecule has 0 radical (unpaired) electrons. The van der Waals surface area contributed by atoms with Crippen molar-refractivity contribution in [3.63, 3.8) is 0 Å². The first kappa shape index (κ1) is 15.5. The van der Waals surface area contributed by atoms with Crippen LogP contribution in [0.4, 0.5) is 0 Å². The Morgan fingerprint density at radius 2 is 2.05 bits per heavy atom. The lowest BCUT2D eigenvalue weighted by Crippen LogP contribution is -2.48. The molecule has 21 heavy (non-hydrogen) atoms. The molecule has 1 aliphatic heterocycles. The quantitative estimate of drug-likeness (QED) is 0.825. The molecule has 0 spiro atoms. The molecular formula is C16H22N2O3. The van der Waals surface area contributed by atoms with E-state index in [4.69, 9.17) is 0 Å². The molecule has 5 heteroatoms. The third-order valence-electron chi connectivity index (χ3n) is 3.86. The van der Waals surface area contributed by atoms with E-state index in [-0.39, 0.29) is 17.9 Å². The predicted octanol–water partition coefficient (Wildman–Crippen LogP) is 1.11. The fraction of sp³-hybridized carbons (Fsp3) is 0.500. The summed E-state index contributed by atoms with van der Waals surface area (Å²) in [5.74, 6) is -0.157. The summed E-state index contributed by atoms with van der Waals surface area (Å²) < 4.78 is 4.59. The van der Waals surface area contributed by atoms with E-state index in [9.17, 15) is 9.59 Å². The van der Waals surface area contributed by atoms with Gasteiger partial charge in [0.15, 0.2) is 0 Å². The lowest BCUT2D eigenvalue weighted by atomic mass is 9.95. The van der Waals surface area contributed by atoms with E-state index in [0.717, 1.165) is 13.0 Å². The van der Waals surface area contributed by atoms with Crippen molar-refractivity contribution < 1.29 is 14.3 Å². The summed E-state index contributed by atoms with van der Waals surface area (Å²) in [6.07, 6.45) is 1.68. The zero-order valence-electron chi connectivity index (χ0n) is 12.6. The third-order valence-corrected chi connectivity index (χ3v) is 3.86. The van der Waals surface area contributed by atoms with Crippen molar-refractivity contribution >= 4 is 11.9 Å². The highest BCUT2D eigenvalue weighted by Gasteiger charge is 2.26. The van der Waals surface area contributed by atoms with Gasteiger partial charge in [0.1, 0.15) is 0 Å². The molecule has 5 nitrogen and oxygen atoms in total. The van der Waals surface area contributed by atoms with Crippen molar-refractivity contribution in [1.29, 1.82) is 0 Å². The second-order valence-corrected chi connectivity index (χ2v) is 5.35. The first-order chi connectivity index (χ1) is 10.1. The monoisotopic (exact) mass is 290 g/mol. The predicted molar refractivity (Wildman–Crippen MR) is 79.7 cm³/mol. The number of benzene rings is 1. The molecule has 2 rings (SSSR count). The van der Waals surface area contributed by atoms with Crippen molar-refractivity contribution in [2.75, 3.05) is 20.7 Å². The normalized spacial score (nSPS) is 17.0. The standard InChI is InChI=1S/C16H22N2O3/c1-18(9-5-8-15(19)21-2)16(20)14-10-12-6-3-4-7-13(12)11-17-14/h3-4,6-7,14,17H,5,8-11H2,1-2H3/t14-/m1/s1. The van der Waals surface area contributed by atoms with Gasteiger partial charge in [-0.3, -0.25) is 9.59 Å². The van der Waals surface area contributed by atoms with Crippen LogP contribution in [-0.2, 0) is 27.3 Å². The molecule has 1 atom stereocenters. The number of esters is 1. The van der Waals surface area contributed by atoms with E-state index < -0.39 is 0 Å². The molecule has 1 N–H and O–H groups in total.